The number of nitro groups is 1. The zero-order chi connectivity index (χ0) is 16.8. The summed E-state index contributed by atoms with van der Waals surface area (Å²) in [4.78, 5) is 21.7. The largest absolute Gasteiger partial charge is 0.465 e. The molecule has 0 saturated heterocycles. The van der Waals surface area contributed by atoms with E-state index in [2.05, 4.69) is 10.1 Å². The predicted molar refractivity (Wildman–Crippen MR) is 83.0 cm³/mol. The number of esters is 1. The molecule has 0 fully saturated rings. The maximum absolute atomic E-state index is 13.2. The zero-order valence-corrected chi connectivity index (χ0v) is 12.4. The number of hydrogen-bond donors (Lipinski definition) is 1. The minimum Gasteiger partial charge on any atom is -0.465 e. The van der Waals surface area contributed by atoms with Crippen LogP contribution in [0.2, 0.25) is 0 Å². The Labute approximate surface area is 132 Å². The molecule has 0 spiro atoms. The van der Waals surface area contributed by atoms with Crippen LogP contribution < -0.4 is 5.32 Å². The van der Waals surface area contributed by atoms with Gasteiger partial charge in [-0.3, -0.25) is 10.1 Å². The first kappa shape index (κ1) is 16.4. The van der Waals surface area contributed by atoms with Gasteiger partial charge in [-0.25, -0.2) is 9.18 Å². The van der Waals surface area contributed by atoms with Crippen molar-refractivity contribution in [2.24, 2.45) is 0 Å². The smallest absolute Gasteiger partial charge is 0.337 e. The van der Waals surface area contributed by atoms with Gasteiger partial charge in [-0.15, -0.1) is 0 Å². The molecule has 0 radical (unpaired) electrons. The molecule has 120 valence electrons. The van der Waals surface area contributed by atoms with Gasteiger partial charge in [0, 0.05) is 18.7 Å². The van der Waals surface area contributed by atoms with Crippen molar-refractivity contribution < 1.29 is 18.8 Å². The van der Waals surface area contributed by atoms with Crippen LogP contribution in [0.1, 0.15) is 15.9 Å². The van der Waals surface area contributed by atoms with Crippen LogP contribution in [0.4, 0.5) is 15.8 Å². The van der Waals surface area contributed by atoms with E-state index in [1.54, 1.807) is 24.3 Å². The molecule has 0 unspecified atom stereocenters. The van der Waals surface area contributed by atoms with E-state index in [9.17, 15) is 19.3 Å². The molecule has 0 bridgehead atoms. The number of hydrogen-bond acceptors (Lipinski definition) is 5. The fourth-order valence-electron chi connectivity index (χ4n) is 2.08. The zero-order valence-electron chi connectivity index (χ0n) is 12.4. The molecule has 2 aromatic rings. The number of ether oxygens (including phenoxy) is 1. The number of nitrogens with one attached hydrogen (secondary N) is 1. The Morgan fingerprint density at radius 1 is 1.26 bits per heavy atom. The van der Waals surface area contributed by atoms with Crippen LogP contribution in [-0.2, 0) is 11.2 Å². The van der Waals surface area contributed by atoms with Crippen LogP contribution in [0, 0.1) is 15.9 Å². The van der Waals surface area contributed by atoms with Gasteiger partial charge in [0.25, 0.3) is 5.69 Å². The minimum atomic E-state index is -0.563. The molecule has 1 N–H and O–H groups in total. The number of nitro benzene ring substituents is 1. The number of benzene rings is 2. The van der Waals surface area contributed by atoms with E-state index in [1.807, 2.05) is 0 Å². The number of halogens is 1. The highest BCUT2D eigenvalue weighted by atomic mass is 19.1. The number of rotatable bonds is 6. The Morgan fingerprint density at radius 3 is 2.57 bits per heavy atom. The van der Waals surface area contributed by atoms with Gasteiger partial charge in [0.05, 0.1) is 17.6 Å². The van der Waals surface area contributed by atoms with Crippen molar-refractivity contribution in [1.82, 2.24) is 0 Å². The summed E-state index contributed by atoms with van der Waals surface area (Å²) in [6, 6.07) is 10.1. The minimum absolute atomic E-state index is 0.140. The van der Waals surface area contributed by atoms with E-state index < -0.39 is 16.7 Å². The van der Waals surface area contributed by atoms with Crippen molar-refractivity contribution in [2.45, 2.75) is 6.42 Å². The third-order valence-corrected chi connectivity index (χ3v) is 3.26. The van der Waals surface area contributed by atoms with Gasteiger partial charge in [-0.1, -0.05) is 12.1 Å². The van der Waals surface area contributed by atoms with E-state index in [4.69, 9.17) is 0 Å². The summed E-state index contributed by atoms with van der Waals surface area (Å²) in [7, 11) is 1.31. The van der Waals surface area contributed by atoms with Crippen LogP contribution in [0.5, 0.6) is 0 Å². The van der Waals surface area contributed by atoms with Crippen LogP contribution in [0.15, 0.2) is 42.5 Å². The topological polar surface area (TPSA) is 81.5 Å². The monoisotopic (exact) mass is 318 g/mol. The number of carbonyl (C=O) groups excluding carboxylic acids is 1. The van der Waals surface area contributed by atoms with E-state index in [-0.39, 0.29) is 11.4 Å². The van der Waals surface area contributed by atoms with Gasteiger partial charge in [0.2, 0.25) is 0 Å². The van der Waals surface area contributed by atoms with Crippen molar-refractivity contribution in [3.63, 3.8) is 0 Å². The molecule has 0 aliphatic rings. The van der Waals surface area contributed by atoms with Gasteiger partial charge >= 0.3 is 5.97 Å². The normalized spacial score (nSPS) is 10.2. The highest BCUT2D eigenvalue weighted by molar-refractivity contribution is 5.89. The highest BCUT2D eigenvalue weighted by Crippen LogP contribution is 2.24. The Kier molecular flexibility index (Phi) is 5.24. The molecule has 0 heterocycles. The number of methoxy groups -OCH3 is 1. The molecule has 2 aromatic carbocycles. The SMILES string of the molecule is COC(=O)c1ccc(CCNc2cc(F)ccc2[N+](=O)[O-])cc1. The van der Waals surface area contributed by atoms with Crippen molar-refractivity contribution >= 4 is 17.3 Å². The lowest BCUT2D eigenvalue weighted by atomic mass is 10.1. The number of carbonyl (C=O) groups is 1. The van der Waals surface area contributed by atoms with Crippen LogP contribution in [0.3, 0.4) is 0 Å². The van der Waals surface area contributed by atoms with E-state index in [1.165, 1.54) is 7.11 Å². The molecule has 0 aromatic heterocycles. The Balaban J connectivity index is 1.99. The maximum atomic E-state index is 13.2. The number of anilines is 1. The molecule has 6 nitrogen and oxygen atoms in total. The molecule has 23 heavy (non-hydrogen) atoms. The first-order chi connectivity index (χ1) is 11.0. The fourth-order valence-corrected chi connectivity index (χ4v) is 2.08. The van der Waals surface area contributed by atoms with Crippen LogP contribution >= 0.6 is 0 Å². The lowest BCUT2D eigenvalue weighted by Gasteiger charge is -2.08. The van der Waals surface area contributed by atoms with E-state index in [0.717, 1.165) is 23.8 Å². The van der Waals surface area contributed by atoms with Gasteiger partial charge in [-0.2, -0.15) is 0 Å². The molecule has 0 aliphatic carbocycles. The summed E-state index contributed by atoms with van der Waals surface area (Å²) in [5.41, 5.74) is 1.35. The molecule has 0 atom stereocenters. The molecule has 0 amide bonds. The average Bonchev–Trinajstić information content (AvgIpc) is 2.54. The van der Waals surface area contributed by atoms with E-state index >= 15 is 0 Å². The number of nitrogens with zero attached hydrogens (tertiary/aromatic N) is 1. The van der Waals surface area contributed by atoms with Crippen molar-refractivity contribution in [3.05, 3.63) is 69.5 Å². The molecular formula is C16H15FN2O4. The Morgan fingerprint density at radius 2 is 1.96 bits per heavy atom. The standard InChI is InChI=1S/C16H15FN2O4/c1-23-16(20)12-4-2-11(3-5-12)8-9-18-14-10-13(17)6-7-15(14)19(21)22/h2-7,10,18H,8-9H2,1H3. The van der Waals surface area contributed by atoms with Crippen molar-refractivity contribution in [3.8, 4) is 0 Å². The van der Waals surface area contributed by atoms with Gasteiger partial charge in [0.15, 0.2) is 0 Å². The van der Waals surface area contributed by atoms with Crippen LogP contribution in [0.25, 0.3) is 0 Å². The Hall–Kier alpha value is -2.96. The first-order valence-electron chi connectivity index (χ1n) is 6.86. The average molecular weight is 318 g/mol. The third-order valence-electron chi connectivity index (χ3n) is 3.26. The summed E-state index contributed by atoms with van der Waals surface area (Å²) in [5, 5.41) is 13.8. The molecular weight excluding hydrogens is 303 g/mol. The highest BCUT2D eigenvalue weighted by Gasteiger charge is 2.13. The molecule has 7 heteroatoms. The second kappa shape index (κ2) is 7.35. The summed E-state index contributed by atoms with van der Waals surface area (Å²) in [6.07, 6.45) is 0.565. The summed E-state index contributed by atoms with van der Waals surface area (Å²) in [5.74, 6) is -0.953. The third kappa shape index (κ3) is 4.26. The molecule has 0 aliphatic heterocycles. The second-order valence-corrected chi connectivity index (χ2v) is 4.78. The lowest BCUT2D eigenvalue weighted by molar-refractivity contribution is -0.384. The summed E-state index contributed by atoms with van der Waals surface area (Å²) >= 11 is 0. The van der Waals surface area contributed by atoms with Gasteiger partial charge in [-0.05, 0) is 30.2 Å². The van der Waals surface area contributed by atoms with Gasteiger partial charge < -0.3 is 10.1 Å². The second-order valence-electron chi connectivity index (χ2n) is 4.78. The lowest BCUT2D eigenvalue weighted by Crippen LogP contribution is -2.07. The summed E-state index contributed by atoms with van der Waals surface area (Å²) in [6.45, 7) is 0.391. The van der Waals surface area contributed by atoms with Gasteiger partial charge in [0.1, 0.15) is 11.5 Å². The molecule has 0 saturated carbocycles. The molecule has 2 rings (SSSR count). The first-order valence-corrected chi connectivity index (χ1v) is 6.86. The quantitative estimate of drug-likeness (QED) is 0.502. The van der Waals surface area contributed by atoms with Crippen molar-refractivity contribution in [2.75, 3.05) is 19.0 Å². The fraction of sp³-hybridized carbons (Fsp3) is 0.188. The van der Waals surface area contributed by atoms with E-state index in [0.29, 0.717) is 18.5 Å². The van der Waals surface area contributed by atoms with Crippen LogP contribution in [-0.4, -0.2) is 24.5 Å². The predicted octanol–water partition coefficient (Wildman–Crippen LogP) is 3.18. The van der Waals surface area contributed by atoms with Crippen molar-refractivity contribution in [1.29, 1.82) is 0 Å². The maximum Gasteiger partial charge on any atom is 0.337 e. The summed E-state index contributed by atoms with van der Waals surface area (Å²) < 4.78 is 17.8. The Bertz CT molecular complexity index is 717.